The van der Waals surface area contributed by atoms with E-state index in [2.05, 4.69) is 52.8 Å². The minimum Gasteiger partial charge on any atom is -0.493 e. The highest BCUT2D eigenvalue weighted by molar-refractivity contribution is 8.00. The van der Waals surface area contributed by atoms with Gasteiger partial charge in [0.1, 0.15) is 0 Å². The molecule has 0 aliphatic carbocycles. The summed E-state index contributed by atoms with van der Waals surface area (Å²) in [7, 11) is 3.23. The standard InChI is InChI=1S/C26H30N4O3S/c1-15-11-17(3)24-20(12-15)16(2)13-23-28-29-26(30(23)24)34-18(4)25(31)27-10-9-19-7-8-21(32-5)22(14-19)33-6/h7-8,11-14,18H,9-10H2,1-6H3,(H,27,31). The molecule has 1 N–H and O–H groups in total. The van der Waals surface area contributed by atoms with Gasteiger partial charge in [-0.05, 0) is 75.1 Å². The van der Waals surface area contributed by atoms with Gasteiger partial charge >= 0.3 is 0 Å². The van der Waals surface area contributed by atoms with E-state index in [1.165, 1.54) is 28.3 Å². The number of thioether (sulfide) groups is 1. The second-order valence-corrected chi connectivity index (χ2v) is 9.78. The fourth-order valence-electron chi connectivity index (χ4n) is 4.21. The number of pyridine rings is 1. The highest BCUT2D eigenvalue weighted by Crippen LogP contribution is 2.31. The number of methoxy groups -OCH3 is 2. The predicted molar refractivity (Wildman–Crippen MR) is 136 cm³/mol. The van der Waals surface area contributed by atoms with Crippen molar-refractivity contribution in [1.82, 2.24) is 19.9 Å². The Morgan fingerprint density at radius 1 is 1.03 bits per heavy atom. The van der Waals surface area contributed by atoms with Crippen molar-refractivity contribution in [2.75, 3.05) is 20.8 Å². The smallest absolute Gasteiger partial charge is 0.233 e. The van der Waals surface area contributed by atoms with Gasteiger partial charge in [-0.3, -0.25) is 9.20 Å². The lowest BCUT2D eigenvalue weighted by Crippen LogP contribution is -2.32. The van der Waals surface area contributed by atoms with Crippen molar-refractivity contribution in [1.29, 1.82) is 0 Å². The second kappa shape index (κ2) is 9.93. The third-order valence-electron chi connectivity index (χ3n) is 5.91. The number of benzene rings is 2. The molecule has 0 spiro atoms. The van der Waals surface area contributed by atoms with Crippen molar-refractivity contribution >= 4 is 34.2 Å². The van der Waals surface area contributed by atoms with Gasteiger partial charge in [0.05, 0.1) is 25.0 Å². The molecule has 1 amide bonds. The molecule has 4 aromatic rings. The molecule has 4 rings (SSSR count). The zero-order valence-corrected chi connectivity index (χ0v) is 21.2. The summed E-state index contributed by atoms with van der Waals surface area (Å²) in [5.74, 6) is 1.34. The molecule has 2 aromatic heterocycles. The molecule has 1 unspecified atom stereocenters. The Kier molecular flexibility index (Phi) is 6.97. The first-order valence-electron chi connectivity index (χ1n) is 11.2. The maximum Gasteiger partial charge on any atom is 0.233 e. The summed E-state index contributed by atoms with van der Waals surface area (Å²) in [6.45, 7) is 8.72. The van der Waals surface area contributed by atoms with Crippen molar-refractivity contribution in [2.24, 2.45) is 0 Å². The zero-order valence-electron chi connectivity index (χ0n) is 20.4. The lowest BCUT2D eigenvalue weighted by Gasteiger charge is -2.14. The van der Waals surface area contributed by atoms with Crippen LogP contribution in [0.5, 0.6) is 11.5 Å². The first-order chi connectivity index (χ1) is 16.3. The molecule has 34 heavy (non-hydrogen) atoms. The molecule has 0 radical (unpaired) electrons. The topological polar surface area (TPSA) is 77.8 Å². The van der Waals surface area contributed by atoms with E-state index in [4.69, 9.17) is 9.47 Å². The SMILES string of the molecule is COc1ccc(CCNC(=O)C(C)Sc2nnc3cc(C)c4cc(C)cc(C)c4n23)cc1OC. The van der Waals surface area contributed by atoms with Gasteiger partial charge in [0, 0.05) is 11.9 Å². The molecular weight excluding hydrogens is 448 g/mol. The van der Waals surface area contributed by atoms with Crippen LogP contribution in [0.15, 0.2) is 41.6 Å². The number of fused-ring (bicyclic) bond motifs is 3. The molecule has 8 heteroatoms. The van der Waals surface area contributed by atoms with Crippen LogP contribution in [0.4, 0.5) is 0 Å². The van der Waals surface area contributed by atoms with Crippen LogP contribution in [-0.2, 0) is 11.2 Å². The maximum atomic E-state index is 12.8. The van der Waals surface area contributed by atoms with Gasteiger partial charge in [0.25, 0.3) is 0 Å². The normalized spacial score (nSPS) is 12.2. The summed E-state index contributed by atoms with van der Waals surface area (Å²) in [5.41, 5.74) is 6.50. The predicted octanol–water partition coefficient (Wildman–Crippen LogP) is 4.66. The average Bonchev–Trinajstić information content (AvgIpc) is 3.20. The Morgan fingerprint density at radius 3 is 2.53 bits per heavy atom. The number of nitrogens with zero attached hydrogens (tertiary/aromatic N) is 3. The monoisotopic (exact) mass is 478 g/mol. The van der Waals surface area contributed by atoms with Gasteiger partial charge in [0.15, 0.2) is 22.3 Å². The minimum absolute atomic E-state index is 0.0359. The number of hydrogen-bond acceptors (Lipinski definition) is 6. The number of aromatic nitrogens is 3. The summed E-state index contributed by atoms with van der Waals surface area (Å²) >= 11 is 1.42. The van der Waals surface area contributed by atoms with E-state index >= 15 is 0 Å². The number of carbonyl (C=O) groups is 1. The highest BCUT2D eigenvalue weighted by Gasteiger charge is 2.20. The fraction of sp³-hybridized carbons (Fsp3) is 0.346. The first-order valence-corrected chi connectivity index (χ1v) is 12.1. The molecule has 2 aromatic carbocycles. The van der Waals surface area contributed by atoms with E-state index in [1.54, 1.807) is 14.2 Å². The number of nitrogens with one attached hydrogen (secondary N) is 1. The molecule has 0 saturated carbocycles. The van der Waals surface area contributed by atoms with E-state index in [1.807, 2.05) is 31.2 Å². The van der Waals surface area contributed by atoms with Crippen molar-refractivity contribution in [2.45, 2.75) is 44.5 Å². The van der Waals surface area contributed by atoms with Gasteiger partial charge in [-0.25, -0.2) is 0 Å². The Labute approximate surface area is 203 Å². The first kappa shape index (κ1) is 23.9. The minimum atomic E-state index is -0.320. The van der Waals surface area contributed by atoms with Crippen molar-refractivity contribution in [3.8, 4) is 11.5 Å². The molecule has 2 heterocycles. The summed E-state index contributed by atoms with van der Waals surface area (Å²) in [4.78, 5) is 12.8. The van der Waals surface area contributed by atoms with Crippen LogP contribution < -0.4 is 14.8 Å². The molecule has 7 nitrogen and oxygen atoms in total. The molecule has 1 atom stereocenters. The molecule has 0 saturated heterocycles. The zero-order chi connectivity index (χ0) is 24.4. The van der Waals surface area contributed by atoms with Crippen LogP contribution in [0.3, 0.4) is 0 Å². The summed E-state index contributed by atoms with van der Waals surface area (Å²) < 4.78 is 12.7. The van der Waals surface area contributed by atoms with Crippen LogP contribution in [0.25, 0.3) is 16.6 Å². The van der Waals surface area contributed by atoms with Crippen LogP contribution in [-0.4, -0.2) is 46.5 Å². The Balaban J connectivity index is 1.47. The summed E-state index contributed by atoms with van der Waals surface area (Å²) in [5, 5.41) is 13.4. The van der Waals surface area contributed by atoms with Crippen LogP contribution in [0, 0.1) is 20.8 Å². The number of hydrogen-bond donors (Lipinski definition) is 1. The van der Waals surface area contributed by atoms with Crippen molar-refractivity contribution in [3.05, 3.63) is 58.7 Å². The van der Waals surface area contributed by atoms with Crippen molar-refractivity contribution < 1.29 is 14.3 Å². The molecule has 0 aliphatic heterocycles. The van der Waals surface area contributed by atoms with Gasteiger partial charge in [-0.2, -0.15) is 0 Å². The Hall–Kier alpha value is -3.26. The fourth-order valence-corrected chi connectivity index (χ4v) is 5.10. The number of rotatable bonds is 8. The number of aryl methyl sites for hydroxylation is 3. The lowest BCUT2D eigenvalue weighted by atomic mass is 10.0. The third-order valence-corrected chi connectivity index (χ3v) is 6.95. The van der Waals surface area contributed by atoms with Gasteiger partial charge in [-0.1, -0.05) is 29.5 Å². The lowest BCUT2D eigenvalue weighted by molar-refractivity contribution is -0.120. The molecule has 0 bridgehead atoms. The second-order valence-electron chi connectivity index (χ2n) is 8.47. The van der Waals surface area contributed by atoms with Gasteiger partial charge < -0.3 is 14.8 Å². The van der Waals surface area contributed by atoms with Gasteiger partial charge in [-0.15, -0.1) is 10.2 Å². The highest BCUT2D eigenvalue weighted by atomic mass is 32.2. The number of amides is 1. The van der Waals surface area contributed by atoms with Gasteiger partial charge in [0.2, 0.25) is 5.91 Å². The van der Waals surface area contributed by atoms with E-state index in [9.17, 15) is 4.79 Å². The quantitative estimate of drug-likeness (QED) is 0.371. The van der Waals surface area contributed by atoms with E-state index in [0.29, 0.717) is 24.5 Å². The van der Waals surface area contributed by atoms with Crippen molar-refractivity contribution in [3.63, 3.8) is 0 Å². The average molecular weight is 479 g/mol. The van der Waals surface area contributed by atoms with E-state index in [-0.39, 0.29) is 11.2 Å². The largest absolute Gasteiger partial charge is 0.493 e. The summed E-state index contributed by atoms with van der Waals surface area (Å²) in [6, 6.07) is 12.2. The van der Waals surface area contributed by atoms with E-state index in [0.717, 1.165) is 27.4 Å². The third kappa shape index (κ3) is 4.68. The number of ether oxygens (including phenoxy) is 2. The van der Waals surface area contributed by atoms with E-state index < -0.39 is 0 Å². The van der Waals surface area contributed by atoms with Crippen LogP contribution in [0.2, 0.25) is 0 Å². The van der Waals surface area contributed by atoms with Crippen LogP contribution >= 0.6 is 11.8 Å². The molecular formula is C26H30N4O3S. The number of carbonyl (C=O) groups excluding carboxylic acids is 1. The Bertz CT molecular complexity index is 1370. The molecule has 0 fully saturated rings. The maximum absolute atomic E-state index is 12.8. The molecule has 0 aliphatic rings. The van der Waals surface area contributed by atoms with Crippen LogP contribution in [0.1, 0.15) is 29.2 Å². The molecule has 178 valence electrons. The Morgan fingerprint density at radius 2 is 1.79 bits per heavy atom. The summed E-state index contributed by atoms with van der Waals surface area (Å²) in [6.07, 6.45) is 0.694.